The number of anilines is 2. The zero-order valence-electron chi connectivity index (χ0n) is 19.7. The Balaban J connectivity index is 1.31. The standard InChI is InChI=1S/C28H20N4O4S2/c33-26(19-9-6-10-21(17-19)32(35)36)29-20-13-15-22(16-14-20)37-25(18-7-2-1-3-8-18)27(34)31-28-30-23-11-4-5-12-24(23)38-28/h1-17,25H,(H,29,33)(H,30,31,34). The molecule has 5 aromatic rings. The number of thioether (sulfide) groups is 1. The fourth-order valence-electron chi connectivity index (χ4n) is 3.71. The number of thiazole rings is 1. The molecule has 0 aliphatic rings. The average Bonchev–Trinajstić information content (AvgIpc) is 3.35. The van der Waals surface area contributed by atoms with Crippen molar-refractivity contribution in [3.05, 3.63) is 124 Å². The number of nitrogens with zero attached hydrogens (tertiary/aromatic N) is 2. The first-order valence-electron chi connectivity index (χ1n) is 11.5. The summed E-state index contributed by atoms with van der Waals surface area (Å²) in [5, 5.41) is 16.7. The SMILES string of the molecule is O=C(Nc1ccc(SC(C(=O)Nc2nc3ccccc3s2)c2ccccc2)cc1)c1cccc([N+](=O)[O-])c1. The van der Waals surface area contributed by atoms with Gasteiger partial charge in [-0.05, 0) is 48.0 Å². The zero-order valence-corrected chi connectivity index (χ0v) is 21.4. The molecule has 1 atom stereocenters. The van der Waals surface area contributed by atoms with Crippen LogP contribution in [0, 0.1) is 10.1 Å². The van der Waals surface area contributed by atoms with E-state index in [0.29, 0.717) is 10.8 Å². The van der Waals surface area contributed by atoms with E-state index in [1.165, 1.54) is 47.4 Å². The molecular weight excluding hydrogens is 520 g/mol. The van der Waals surface area contributed by atoms with Crippen molar-refractivity contribution in [2.75, 3.05) is 10.6 Å². The molecule has 0 fully saturated rings. The summed E-state index contributed by atoms with van der Waals surface area (Å²) in [7, 11) is 0. The van der Waals surface area contributed by atoms with Gasteiger partial charge in [-0.1, -0.05) is 59.9 Å². The van der Waals surface area contributed by atoms with Crippen molar-refractivity contribution in [2.24, 2.45) is 0 Å². The Morgan fingerprint density at radius 2 is 1.61 bits per heavy atom. The molecule has 0 aliphatic carbocycles. The second kappa shape index (κ2) is 11.2. The third-order valence-electron chi connectivity index (χ3n) is 5.55. The summed E-state index contributed by atoms with van der Waals surface area (Å²) in [6.07, 6.45) is 0. The van der Waals surface area contributed by atoms with Gasteiger partial charge < -0.3 is 10.6 Å². The van der Waals surface area contributed by atoms with Crippen molar-refractivity contribution in [2.45, 2.75) is 10.1 Å². The number of aromatic nitrogens is 1. The molecule has 8 nitrogen and oxygen atoms in total. The number of nitro benzene ring substituents is 1. The summed E-state index contributed by atoms with van der Waals surface area (Å²) in [5.74, 6) is -0.644. The molecular formula is C28H20N4O4S2. The molecule has 0 saturated heterocycles. The van der Waals surface area contributed by atoms with Crippen LogP contribution in [0.5, 0.6) is 0 Å². The summed E-state index contributed by atoms with van der Waals surface area (Å²) in [4.78, 5) is 41.7. The van der Waals surface area contributed by atoms with Crippen molar-refractivity contribution in [3.8, 4) is 0 Å². The maximum absolute atomic E-state index is 13.4. The molecule has 2 amide bonds. The second-order valence-electron chi connectivity index (χ2n) is 8.17. The molecule has 0 bridgehead atoms. The Labute approximate surface area is 225 Å². The Hall–Kier alpha value is -4.54. The normalized spacial score (nSPS) is 11.6. The van der Waals surface area contributed by atoms with Crippen LogP contribution in [0.15, 0.2) is 108 Å². The minimum atomic E-state index is -0.543. The van der Waals surface area contributed by atoms with Crippen molar-refractivity contribution in [3.63, 3.8) is 0 Å². The van der Waals surface area contributed by atoms with Crippen molar-refractivity contribution in [1.29, 1.82) is 0 Å². The zero-order chi connectivity index (χ0) is 26.5. The monoisotopic (exact) mass is 540 g/mol. The summed E-state index contributed by atoms with van der Waals surface area (Å²) in [6.45, 7) is 0. The van der Waals surface area contributed by atoms with E-state index < -0.39 is 16.1 Å². The summed E-state index contributed by atoms with van der Waals surface area (Å²) in [5.41, 5.74) is 2.24. The molecule has 188 valence electrons. The molecule has 2 N–H and O–H groups in total. The topological polar surface area (TPSA) is 114 Å². The maximum atomic E-state index is 13.4. The number of benzene rings is 4. The van der Waals surface area contributed by atoms with Gasteiger partial charge in [0.15, 0.2) is 5.13 Å². The molecule has 1 aromatic heterocycles. The molecule has 38 heavy (non-hydrogen) atoms. The molecule has 5 rings (SSSR count). The van der Waals surface area contributed by atoms with E-state index in [1.54, 1.807) is 12.1 Å². The predicted octanol–water partition coefficient (Wildman–Crippen LogP) is 6.93. The Bertz CT molecular complexity index is 1590. The second-order valence-corrected chi connectivity index (χ2v) is 10.4. The smallest absolute Gasteiger partial charge is 0.270 e. The van der Waals surface area contributed by atoms with Gasteiger partial charge in [0, 0.05) is 28.3 Å². The van der Waals surface area contributed by atoms with Crippen LogP contribution in [0.4, 0.5) is 16.5 Å². The van der Waals surface area contributed by atoms with Crippen LogP contribution in [0.3, 0.4) is 0 Å². The Morgan fingerprint density at radius 3 is 2.34 bits per heavy atom. The third kappa shape index (κ3) is 5.88. The van der Waals surface area contributed by atoms with Gasteiger partial charge in [-0.25, -0.2) is 4.98 Å². The molecule has 0 aliphatic heterocycles. The van der Waals surface area contributed by atoms with Gasteiger partial charge in [0.05, 0.1) is 15.1 Å². The average molecular weight is 541 g/mol. The van der Waals surface area contributed by atoms with E-state index in [9.17, 15) is 19.7 Å². The van der Waals surface area contributed by atoms with Crippen molar-refractivity contribution >= 4 is 61.6 Å². The minimum Gasteiger partial charge on any atom is -0.322 e. The number of nitro groups is 1. The lowest BCUT2D eigenvalue weighted by Gasteiger charge is -2.16. The van der Waals surface area contributed by atoms with E-state index in [1.807, 2.05) is 66.7 Å². The van der Waals surface area contributed by atoms with Gasteiger partial charge in [0.1, 0.15) is 5.25 Å². The molecule has 4 aromatic carbocycles. The number of para-hydroxylation sites is 1. The van der Waals surface area contributed by atoms with Crippen LogP contribution in [-0.2, 0) is 4.79 Å². The number of hydrogen-bond acceptors (Lipinski definition) is 7. The van der Waals surface area contributed by atoms with Crippen LogP contribution in [-0.4, -0.2) is 21.7 Å². The van der Waals surface area contributed by atoms with Crippen LogP contribution >= 0.6 is 23.1 Å². The van der Waals surface area contributed by atoms with E-state index in [0.717, 1.165) is 20.7 Å². The van der Waals surface area contributed by atoms with Crippen molar-refractivity contribution in [1.82, 2.24) is 4.98 Å². The van der Waals surface area contributed by atoms with Crippen LogP contribution in [0.25, 0.3) is 10.2 Å². The van der Waals surface area contributed by atoms with Crippen LogP contribution in [0.2, 0.25) is 0 Å². The van der Waals surface area contributed by atoms with E-state index in [2.05, 4.69) is 15.6 Å². The number of fused-ring (bicyclic) bond motifs is 1. The lowest BCUT2D eigenvalue weighted by molar-refractivity contribution is -0.384. The fourth-order valence-corrected chi connectivity index (χ4v) is 5.61. The highest BCUT2D eigenvalue weighted by Crippen LogP contribution is 2.37. The summed E-state index contributed by atoms with van der Waals surface area (Å²) >= 11 is 2.81. The predicted molar refractivity (Wildman–Crippen MR) is 151 cm³/mol. The largest absolute Gasteiger partial charge is 0.322 e. The molecule has 1 unspecified atom stereocenters. The minimum absolute atomic E-state index is 0.152. The number of carbonyl (C=O) groups excluding carboxylic acids is 2. The van der Waals surface area contributed by atoms with Crippen LogP contribution in [0.1, 0.15) is 21.2 Å². The summed E-state index contributed by atoms with van der Waals surface area (Å²) in [6, 6.07) is 29.8. The van der Waals surface area contributed by atoms with Gasteiger partial charge in [-0.3, -0.25) is 19.7 Å². The highest BCUT2D eigenvalue weighted by atomic mass is 32.2. The maximum Gasteiger partial charge on any atom is 0.270 e. The lowest BCUT2D eigenvalue weighted by Crippen LogP contribution is -2.18. The van der Waals surface area contributed by atoms with E-state index in [4.69, 9.17) is 0 Å². The highest BCUT2D eigenvalue weighted by Gasteiger charge is 2.23. The number of nitrogens with one attached hydrogen (secondary N) is 2. The first kappa shape index (κ1) is 25.1. The molecule has 1 heterocycles. The Morgan fingerprint density at radius 1 is 0.868 bits per heavy atom. The fraction of sp³-hybridized carbons (Fsp3) is 0.0357. The number of amides is 2. The number of carbonyl (C=O) groups is 2. The number of rotatable bonds is 8. The van der Waals surface area contributed by atoms with E-state index >= 15 is 0 Å². The molecule has 0 saturated carbocycles. The van der Waals surface area contributed by atoms with Crippen molar-refractivity contribution < 1.29 is 14.5 Å². The van der Waals surface area contributed by atoms with Gasteiger partial charge in [0.25, 0.3) is 11.6 Å². The van der Waals surface area contributed by atoms with Gasteiger partial charge >= 0.3 is 0 Å². The van der Waals surface area contributed by atoms with E-state index in [-0.39, 0.29) is 17.2 Å². The van der Waals surface area contributed by atoms with Gasteiger partial charge in [-0.15, -0.1) is 11.8 Å². The highest BCUT2D eigenvalue weighted by molar-refractivity contribution is 8.00. The first-order valence-corrected chi connectivity index (χ1v) is 13.2. The quantitative estimate of drug-likeness (QED) is 0.125. The van der Waals surface area contributed by atoms with Gasteiger partial charge in [-0.2, -0.15) is 0 Å². The molecule has 10 heteroatoms. The number of hydrogen-bond donors (Lipinski definition) is 2. The van der Waals surface area contributed by atoms with Gasteiger partial charge in [0.2, 0.25) is 5.91 Å². The van der Waals surface area contributed by atoms with Crippen LogP contribution < -0.4 is 10.6 Å². The molecule has 0 radical (unpaired) electrons. The third-order valence-corrected chi connectivity index (χ3v) is 7.77. The lowest BCUT2D eigenvalue weighted by atomic mass is 10.1. The summed E-state index contributed by atoms with van der Waals surface area (Å²) < 4.78 is 0.995. The number of non-ortho nitro benzene ring substituents is 1. The molecule has 0 spiro atoms. The first-order chi connectivity index (χ1) is 18.5. The Kier molecular flexibility index (Phi) is 7.43.